The summed E-state index contributed by atoms with van der Waals surface area (Å²) in [5, 5.41) is 3.10. The molecule has 0 unspecified atom stereocenters. The molecule has 1 saturated heterocycles. The van der Waals surface area contributed by atoms with Gasteiger partial charge in [-0.25, -0.2) is 17.8 Å². The summed E-state index contributed by atoms with van der Waals surface area (Å²) in [6.45, 7) is 6.44. The van der Waals surface area contributed by atoms with Crippen molar-refractivity contribution in [3.63, 3.8) is 0 Å². The lowest BCUT2D eigenvalue weighted by molar-refractivity contribution is 0.102. The molecule has 2 aliphatic heterocycles. The van der Waals surface area contributed by atoms with Gasteiger partial charge < -0.3 is 11.1 Å². The highest BCUT2D eigenvalue weighted by molar-refractivity contribution is 7.95. The van der Waals surface area contributed by atoms with Crippen molar-refractivity contribution in [3.8, 4) is 0 Å². The Bertz CT molecular complexity index is 1300. The number of halogens is 2. The number of rotatable bonds is 3. The standard InChI is InChI=1S/C22H24ClFN4O3S/c1-12-9-13(23)11-26-17(12)18(29)27-14-5-6-16(24)15(10-14)22(4)21(3)8-7-20(2,19(25)28-22)32(21,30)31/h5-6,9-11H,7-8H2,1-4H3,(H2,25,28)(H,27,29)/t20-,21+,22+/m0/s1. The number of aryl methyl sites for hydroxylation is 1. The smallest absolute Gasteiger partial charge is 0.274 e. The first-order valence-corrected chi connectivity index (χ1v) is 12.0. The number of anilines is 1. The maximum Gasteiger partial charge on any atom is 0.274 e. The third-order valence-electron chi connectivity index (χ3n) is 7.19. The number of nitrogens with one attached hydrogen (secondary N) is 1. The molecule has 1 fully saturated rings. The van der Waals surface area contributed by atoms with Crippen LogP contribution in [0.1, 0.15) is 55.2 Å². The zero-order valence-corrected chi connectivity index (χ0v) is 19.7. The van der Waals surface area contributed by atoms with E-state index in [0.717, 1.165) is 0 Å². The van der Waals surface area contributed by atoms with Gasteiger partial charge in [-0.3, -0.25) is 9.79 Å². The normalized spacial score (nSPS) is 30.6. The van der Waals surface area contributed by atoms with Crippen LogP contribution in [-0.4, -0.2) is 34.6 Å². The Hall–Kier alpha value is -2.52. The van der Waals surface area contributed by atoms with Gasteiger partial charge in [0, 0.05) is 17.4 Å². The zero-order valence-electron chi connectivity index (χ0n) is 18.2. The van der Waals surface area contributed by atoms with Crippen LogP contribution in [0, 0.1) is 12.7 Å². The van der Waals surface area contributed by atoms with Crippen molar-refractivity contribution in [2.24, 2.45) is 10.7 Å². The maximum absolute atomic E-state index is 15.1. The molecule has 10 heteroatoms. The van der Waals surface area contributed by atoms with E-state index in [1.165, 1.54) is 24.4 Å². The van der Waals surface area contributed by atoms with Gasteiger partial charge in [-0.15, -0.1) is 0 Å². The number of pyridine rings is 1. The first-order chi connectivity index (χ1) is 14.8. The van der Waals surface area contributed by atoms with Crippen LogP contribution in [0.3, 0.4) is 0 Å². The second kappa shape index (κ2) is 6.99. The number of amides is 1. The van der Waals surface area contributed by atoms with Crippen molar-refractivity contribution in [2.45, 2.75) is 55.6 Å². The number of aromatic nitrogens is 1. The van der Waals surface area contributed by atoms with Crippen molar-refractivity contribution in [2.75, 3.05) is 5.32 Å². The van der Waals surface area contributed by atoms with Gasteiger partial charge in [0.25, 0.3) is 5.91 Å². The quantitative estimate of drug-likeness (QED) is 0.697. The molecule has 7 nitrogen and oxygen atoms in total. The lowest BCUT2D eigenvalue weighted by atomic mass is 9.78. The van der Waals surface area contributed by atoms with Crippen molar-refractivity contribution in [1.29, 1.82) is 0 Å². The number of hydrogen-bond donors (Lipinski definition) is 2. The molecular weight excluding hydrogens is 455 g/mol. The Labute approximate surface area is 191 Å². The highest BCUT2D eigenvalue weighted by Gasteiger charge is 2.70. The number of sulfone groups is 1. The molecule has 1 aromatic carbocycles. The minimum Gasteiger partial charge on any atom is -0.386 e. The van der Waals surface area contributed by atoms with E-state index in [-0.39, 0.29) is 29.2 Å². The number of nitrogens with two attached hydrogens (primary N) is 1. The summed E-state index contributed by atoms with van der Waals surface area (Å²) in [7, 11) is -3.77. The molecule has 0 radical (unpaired) electrons. The Morgan fingerprint density at radius 2 is 1.91 bits per heavy atom. The maximum atomic E-state index is 15.1. The molecule has 1 aromatic heterocycles. The predicted molar refractivity (Wildman–Crippen MR) is 122 cm³/mol. The van der Waals surface area contributed by atoms with Crippen molar-refractivity contribution < 1.29 is 17.6 Å². The fourth-order valence-corrected chi connectivity index (χ4v) is 7.73. The first kappa shape index (κ1) is 22.7. The molecule has 3 atom stereocenters. The number of carbonyl (C=O) groups is 1. The van der Waals surface area contributed by atoms with E-state index in [0.29, 0.717) is 17.0 Å². The first-order valence-electron chi connectivity index (χ1n) is 10.1. The molecule has 2 aromatic rings. The summed E-state index contributed by atoms with van der Waals surface area (Å²) in [6.07, 6.45) is 1.97. The summed E-state index contributed by atoms with van der Waals surface area (Å²) in [4.78, 5) is 21.3. The van der Waals surface area contributed by atoms with Crippen LogP contribution in [-0.2, 0) is 15.4 Å². The van der Waals surface area contributed by atoms with Gasteiger partial charge in [0.05, 0.1) is 9.77 Å². The molecule has 1 amide bonds. The van der Waals surface area contributed by atoms with E-state index in [4.69, 9.17) is 17.3 Å². The summed E-state index contributed by atoms with van der Waals surface area (Å²) >= 11 is 5.90. The van der Waals surface area contributed by atoms with Crippen LogP contribution < -0.4 is 11.1 Å². The fourth-order valence-electron chi connectivity index (χ4n) is 4.78. The van der Waals surface area contributed by atoms with Gasteiger partial charge in [-0.1, -0.05) is 11.6 Å². The Morgan fingerprint density at radius 1 is 1.22 bits per heavy atom. The van der Waals surface area contributed by atoms with Crippen molar-refractivity contribution in [1.82, 2.24) is 4.98 Å². The molecule has 2 aliphatic rings. The molecule has 4 rings (SSSR count). The van der Waals surface area contributed by atoms with E-state index in [1.54, 1.807) is 33.8 Å². The van der Waals surface area contributed by atoms with Crippen LogP contribution in [0.4, 0.5) is 10.1 Å². The van der Waals surface area contributed by atoms with Gasteiger partial charge in [-0.2, -0.15) is 0 Å². The minimum atomic E-state index is -3.77. The van der Waals surface area contributed by atoms with Crippen LogP contribution in [0.2, 0.25) is 5.02 Å². The molecule has 3 N–H and O–H groups in total. The van der Waals surface area contributed by atoms with E-state index in [9.17, 15) is 13.2 Å². The molecule has 32 heavy (non-hydrogen) atoms. The SMILES string of the molecule is Cc1cc(Cl)cnc1C(=O)Nc1ccc(F)c([C@@]2(C)N=C(N)[C@]3(C)CC[C@@]2(C)S3(=O)=O)c1. The number of benzene rings is 1. The average Bonchev–Trinajstić information content (AvgIpc) is 2.85. The van der Waals surface area contributed by atoms with Crippen LogP contribution in [0.25, 0.3) is 0 Å². The van der Waals surface area contributed by atoms with E-state index in [1.807, 2.05) is 0 Å². The molecule has 0 saturated carbocycles. The number of carbonyl (C=O) groups excluding carboxylic acids is 1. The van der Waals surface area contributed by atoms with Crippen LogP contribution in [0.15, 0.2) is 35.5 Å². The minimum absolute atomic E-state index is 0.0233. The second-order valence-electron chi connectivity index (χ2n) is 9.00. The van der Waals surface area contributed by atoms with E-state index < -0.39 is 36.6 Å². The third kappa shape index (κ3) is 2.83. The summed E-state index contributed by atoms with van der Waals surface area (Å²) < 4.78 is 39.4. The fraction of sp³-hybridized carbons (Fsp3) is 0.409. The molecule has 0 spiro atoms. The van der Waals surface area contributed by atoms with E-state index in [2.05, 4.69) is 15.3 Å². The molecule has 170 valence electrons. The summed E-state index contributed by atoms with van der Waals surface area (Å²) in [5.74, 6) is -1.15. The number of aliphatic imine (C=N–C) groups is 1. The second-order valence-corrected chi connectivity index (χ2v) is 12.2. The van der Waals surface area contributed by atoms with Gasteiger partial charge in [-0.05, 0) is 70.4 Å². The third-order valence-corrected chi connectivity index (χ3v) is 10.8. The lowest BCUT2D eigenvalue weighted by Crippen LogP contribution is -2.61. The highest BCUT2D eigenvalue weighted by atomic mass is 35.5. The van der Waals surface area contributed by atoms with E-state index >= 15 is 4.39 Å². The Kier molecular flexibility index (Phi) is 4.95. The molecule has 3 heterocycles. The lowest BCUT2D eigenvalue weighted by Gasteiger charge is -2.46. The number of amidine groups is 1. The van der Waals surface area contributed by atoms with Gasteiger partial charge in [0.1, 0.15) is 27.6 Å². The monoisotopic (exact) mass is 478 g/mol. The summed E-state index contributed by atoms with van der Waals surface area (Å²) in [5.41, 5.74) is 5.75. The van der Waals surface area contributed by atoms with Gasteiger partial charge in [0.2, 0.25) is 0 Å². The van der Waals surface area contributed by atoms with Crippen LogP contribution in [0.5, 0.6) is 0 Å². The van der Waals surface area contributed by atoms with Crippen LogP contribution >= 0.6 is 11.6 Å². The topological polar surface area (TPSA) is 115 Å². The average molecular weight is 479 g/mol. The molecule has 0 aliphatic carbocycles. The Balaban J connectivity index is 1.79. The Morgan fingerprint density at radius 3 is 2.56 bits per heavy atom. The van der Waals surface area contributed by atoms with Gasteiger partial charge in [0.15, 0.2) is 9.84 Å². The highest BCUT2D eigenvalue weighted by Crippen LogP contribution is 2.58. The molecular formula is C22H24ClFN4O3S. The van der Waals surface area contributed by atoms with Crippen molar-refractivity contribution >= 4 is 38.9 Å². The number of hydrogen-bond acceptors (Lipinski definition) is 6. The number of nitrogens with zero attached hydrogens (tertiary/aromatic N) is 2. The largest absolute Gasteiger partial charge is 0.386 e. The number of fused-ring (bicyclic) bond motifs is 2. The molecule has 2 bridgehead atoms. The predicted octanol–water partition coefficient (Wildman–Crippen LogP) is 3.75. The van der Waals surface area contributed by atoms with Crippen molar-refractivity contribution in [3.05, 3.63) is 58.1 Å². The van der Waals surface area contributed by atoms with Gasteiger partial charge >= 0.3 is 0 Å². The zero-order chi connectivity index (χ0) is 23.7. The summed E-state index contributed by atoms with van der Waals surface area (Å²) in [6, 6.07) is 5.61.